The zero-order valence-electron chi connectivity index (χ0n) is 16.2. The van der Waals surface area contributed by atoms with Crippen LogP contribution in [-0.4, -0.2) is 44.3 Å². The molecular weight excluding hydrogens is 425 g/mol. The first-order valence-electron chi connectivity index (χ1n) is 9.61. The smallest absolute Gasteiger partial charge is 0.228 e. The summed E-state index contributed by atoms with van der Waals surface area (Å²) in [6, 6.07) is 8.99. The molecule has 5 rings (SSSR count). The van der Waals surface area contributed by atoms with Gasteiger partial charge >= 0.3 is 0 Å². The lowest BCUT2D eigenvalue weighted by molar-refractivity contribution is 0.588. The van der Waals surface area contributed by atoms with E-state index < -0.39 is 17.5 Å². The van der Waals surface area contributed by atoms with Crippen LogP contribution < -0.4 is 10.6 Å². The highest BCUT2D eigenvalue weighted by molar-refractivity contribution is 7.99. The second-order valence-corrected chi connectivity index (χ2v) is 8.30. The van der Waals surface area contributed by atoms with E-state index in [0.717, 1.165) is 47.5 Å². The molecule has 2 N–H and O–H groups in total. The molecule has 0 bridgehead atoms. The zero-order chi connectivity index (χ0) is 21.5. The van der Waals surface area contributed by atoms with Gasteiger partial charge in [-0.3, -0.25) is 0 Å². The van der Waals surface area contributed by atoms with Crippen LogP contribution in [0.15, 0.2) is 42.5 Å². The Balaban J connectivity index is 1.77. The van der Waals surface area contributed by atoms with Gasteiger partial charge in [-0.25, -0.2) is 22.8 Å². The van der Waals surface area contributed by atoms with Gasteiger partial charge < -0.3 is 10.6 Å². The Morgan fingerprint density at radius 2 is 1.71 bits per heavy atom. The predicted octanol–water partition coefficient (Wildman–Crippen LogP) is 4.04. The van der Waals surface area contributed by atoms with Gasteiger partial charge in [0.05, 0.1) is 11.1 Å². The topological polar surface area (TPSA) is 72.9 Å². The molecule has 0 aliphatic carbocycles. The van der Waals surface area contributed by atoms with Crippen LogP contribution in [0.2, 0.25) is 0 Å². The number of anilines is 2. The lowest BCUT2D eigenvalue weighted by Crippen LogP contribution is -2.33. The van der Waals surface area contributed by atoms with Crippen molar-refractivity contribution in [1.29, 1.82) is 0 Å². The lowest BCUT2D eigenvalue weighted by atomic mass is 10.1. The first-order valence-corrected chi connectivity index (χ1v) is 10.8. The van der Waals surface area contributed by atoms with E-state index in [1.54, 1.807) is 12.1 Å². The van der Waals surface area contributed by atoms with Crippen molar-refractivity contribution in [3.05, 3.63) is 59.9 Å². The number of aromatic nitrogens is 4. The minimum Gasteiger partial charge on any atom is -0.383 e. The van der Waals surface area contributed by atoms with Gasteiger partial charge in [0.1, 0.15) is 29.0 Å². The molecule has 0 amide bonds. The van der Waals surface area contributed by atoms with E-state index in [-0.39, 0.29) is 17.2 Å². The van der Waals surface area contributed by atoms with E-state index in [4.69, 9.17) is 5.73 Å². The standard InChI is InChI=1S/C21H17F3N6S/c22-13-3-1-2-12(10-13)18-17-19(25)30(16-11-14(23)4-5-15(16)24)28-20(17)27-21(26-18)29-6-8-31-9-7-29/h1-5,10-11H,6-9,25H2. The van der Waals surface area contributed by atoms with Crippen LogP contribution in [0.5, 0.6) is 0 Å². The molecule has 1 aliphatic heterocycles. The maximum Gasteiger partial charge on any atom is 0.228 e. The van der Waals surface area contributed by atoms with E-state index in [1.807, 2.05) is 16.7 Å². The molecule has 0 saturated carbocycles. The second-order valence-electron chi connectivity index (χ2n) is 7.07. The van der Waals surface area contributed by atoms with Crippen LogP contribution in [0.25, 0.3) is 28.0 Å². The molecule has 0 spiro atoms. The SMILES string of the molecule is Nc1c2c(-c3cccc(F)c3)nc(N3CCSCC3)nc2nn1-c1cc(F)ccc1F. The summed E-state index contributed by atoms with van der Waals surface area (Å²) in [5.41, 5.74) is 7.28. The summed E-state index contributed by atoms with van der Waals surface area (Å²) >= 11 is 1.84. The van der Waals surface area contributed by atoms with Crippen molar-refractivity contribution >= 4 is 34.6 Å². The van der Waals surface area contributed by atoms with E-state index in [9.17, 15) is 13.2 Å². The van der Waals surface area contributed by atoms with Crippen molar-refractivity contribution in [2.45, 2.75) is 0 Å². The number of rotatable bonds is 3. The van der Waals surface area contributed by atoms with Gasteiger partial charge in [0.25, 0.3) is 0 Å². The van der Waals surface area contributed by atoms with Crippen molar-refractivity contribution in [3.63, 3.8) is 0 Å². The summed E-state index contributed by atoms with van der Waals surface area (Å²) in [4.78, 5) is 11.3. The summed E-state index contributed by atoms with van der Waals surface area (Å²) < 4.78 is 43.3. The quantitative estimate of drug-likeness (QED) is 0.516. The minimum absolute atomic E-state index is 0.0412. The maximum atomic E-state index is 14.4. The zero-order valence-corrected chi connectivity index (χ0v) is 17.0. The van der Waals surface area contributed by atoms with E-state index in [1.165, 1.54) is 12.1 Å². The number of thioether (sulfide) groups is 1. The van der Waals surface area contributed by atoms with Gasteiger partial charge in [0, 0.05) is 36.2 Å². The average Bonchev–Trinajstić information content (AvgIpc) is 3.11. The summed E-state index contributed by atoms with van der Waals surface area (Å²) in [7, 11) is 0. The van der Waals surface area contributed by atoms with E-state index in [0.29, 0.717) is 22.6 Å². The Bertz CT molecular complexity index is 1290. The van der Waals surface area contributed by atoms with E-state index >= 15 is 0 Å². The summed E-state index contributed by atoms with van der Waals surface area (Å²) in [6.45, 7) is 1.51. The van der Waals surface area contributed by atoms with Gasteiger partial charge in [-0.05, 0) is 24.3 Å². The molecule has 0 radical (unpaired) electrons. The number of fused-ring (bicyclic) bond motifs is 1. The first kappa shape index (κ1) is 19.7. The molecule has 2 aromatic carbocycles. The predicted molar refractivity (Wildman–Crippen MR) is 116 cm³/mol. The second kappa shape index (κ2) is 7.77. The third-order valence-corrected chi connectivity index (χ3v) is 6.03. The van der Waals surface area contributed by atoms with Crippen molar-refractivity contribution in [2.75, 3.05) is 35.2 Å². The summed E-state index contributed by atoms with van der Waals surface area (Å²) in [5.74, 6) is 0.606. The number of hydrogen-bond donors (Lipinski definition) is 1. The maximum absolute atomic E-state index is 14.4. The lowest BCUT2D eigenvalue weighted by Gasteiger charge is -2.26. The highest BCUT2D eigenvalue weighted by Crippen LogP contribution is 2.34. The van der Waals surface area contributed by atoms with Gasteiger partial charge in [0.2, 0.25) is 5.95 Å². The molecule has 0 unspecified atom stereocenters. The fourth-order valence-corrected chi connectivity index (χ4v) is 4.48. The molecule has 3 heterocycles. The molecular formula is C21H17F3N6S. The average molecular weight is 442 g/mol. The number of hydrogen-bond acceptors (Lipinski definition) is 6. The molecule has 1 fully saturated rings. The number of benzene rings is 2. The Morgan fingerprint density at radius 3 is 2.48 bits per heavy atom. The summed E-state index contributed by atoms with van der Waals surface area (Å²) in [5, 5.41) is 4.71. The van der Waals surface area contributed by atoms with Crippen LogP contribution >= 0.6 is 11.8 Å². The molecule has 10 heteroatoms. The molecule has 2 aromatic heterocycles. The van der Waals surface area contributed by atoms with Gasteiger partial charge in [-0.15, -0.1) is 5.10 Å². The fraction of sp³-hybridized carbons (Fsp3) is 0.190. The first-order chi connectivity index (χ1) is 15.0. The van der Waals surface area contributed by atoms with Gasteiger partial charge in [0.15, 0.2) is 5.65 Å². The Kier molecular flexibility index (Phi) is 4.93. The van der Waals surface area contributed by atoms with Crippen molar-refractivity contribution in [2.24, 2.45) is 0 Å². The van der Waals surface area contributed by atoms with E-state index in [2.05, 4.69) is 15.1 Å². The molecule has 1 aliphatic rings. The Hall–Kier alpha value is -3.27. The Labute approximate surface area is 179 Å². The fourth-order valence-electron chi connectivity index (χ4n) is 3.58. The van der Waals surface area contributed by atoms with Crippen LogP contribution in [-0.2, 0) is 0 Å². The monoisotopic (exact) mass is 442 g/mol. The highest BCUT2D eigenvalue weighted by atomic mass is 32.2. The molecule has 158 valence electrons. The molecule has 4 aromatic rings. The van der Waals surface area contributed by atoms with Gasteiger partial charge in [-0.2, -0.15) is 16.7 Å². The van der Waals surface area contributed by atoms with Crippen molar-refractivity contribution in [3.8, 4) is 16.9 Å². The van der Waals surface area contributed by atoms with Crippen molar-refractivity contribution in [1.82, 2.24) is 19.7 Å². The molecule has 31 heavy (non-hydrogen) atoms. The molecule has 0 atom stereocenters. The van der Waals surface area contributed by atoms with Gasteiger partial charge in [-0.1, -0.05) is 12.1 Å². The third-order valence-electron chi connectivity index (χ3n) is 5.09. The van der Waals surface area contributed by atoms with Crippen LogP contribution in [0.1, 0.15) is 0 Å². The normalized spacial score (nSPS) is 14.4. The van der Waals surface area contributed by atoms with Crippen molar-refractivity contribution < 1.29 is 13.2 Å². The van der Waals surface area contributed by atoms with Crippen LogP contribution in [0.3, 0.4) is 0 Å². The highest BCUT2D eigenvalue weighted by Gasteiger charge is 2.23. The number of halogens is 3. The molecule has 1 saturated heterocycles. The minimum atomic E-state index is -0.686. The van der Waals surface area contributed by atoms with Crippen LogP contribution in [0, 0.1) is 17.5 Å². The largest absolute Gasteiger partial charge is 0.383 e. The Morgan fingerprint density at radius 1 is 0.935 bits per heavy atom. The number of nitrogens with two attached hydrogens (primary N) is 1. The summed E-state index contributed by atoms with van der Waals surface area (Å²) in [6.07, 6.45) is 0. The molecule has 6 nitrogen and oxygen atoms in total. The third kappa shape index (κ3) is 3.56. The number of nitrogen functional groups attached to an aromatic ring is 1. The van der Waals surface area contributed by atoms with Crippen LogP contribution in [0.4, 0.5) is 24.9 Å². The number of nitrogens with zero attached hydrogens (tertiary/aromatic N) is 5.